The number of nitrogens with one attached hydrogen (secondary N) is 1. The Labute approximate surface area is 197 Å². The van der Waals surface area contributed by atoms with Gasteiger partial charge in [0.25, 0.3) is 0 Å². The van der Waals surface area contributed by atoms with E-state index in [-0.39, 0.29) is 43.2 Å². The van der Waals surface area contributed by atoms with Crippen molar-refractivity contribution in [3.05, 3.63) is 59.9 Å². The van der Waals surface area contributed by atoms with Gasteiger partial charge in [0.15, 0.2) is 17.5 Å². The van der Waals surface area contributed by atoms with Crippen LogP contribution in [-0.4, -0.2) is 55.3 Å². The summed E-state index contributed by atoms with van der Waals surface area (Å²) in [5.74, 6) is -4.59. The lowest BCUT2D eigenvalue weighted by Crippen LogP contribution is -2.47. The van der Waals surface area contributed by atoms with Crippen LogP contribution in [0.15, 0.2) is 36.8 Å². The fourth-order valence-corrected chi connectivity index (χ4v) is 4.19. The van der Waals surface area contributed by atoms with Crippen molar-refractivity contribution in [1.29, 1.82) is 0 Å². The van der Waals surface area contributed by atoms with E-state index in [0.717, 1.165) is 0 Å². The summed E-state index contributed by atoms with van der Waals surface area (Å²) >= 11 is 0. The van der Waals surface area contributed by atoms with Crippen LogP contribution in [0.1, 0.15) is 19.0 Å². The van der Waals surface area contributed by atoms with Gasteiger partial charge in [0, 0.05) is 30.2 Å². The van der Waals surface area contributed by atoms with Crippen LogP contribution in [0.3, 0.4) is 0 Å². The second-order valence-electron chi connectivity index (χ2n) is 8.30. The highest BCUT2D eigenvalue weighted by molar-refractivity contribution is 5.97. The monoisotopic (exact) mass is 487 g/mol. The second kappa shape index (κ2) is 8.89. The first-order chi connectivity index (χ1) is 16.8. The van der Waals surface area contributed by atoms with Crippen molar-refractivity contribution >= 4 is 23.3 Å². The average molecular weight is 487 g/mol. The second-order valence-corrected chi connectivity index (χ2v) is 8.30. The van der Waals surface area contributed by atoms with Crippen molar-refractivity contribution in [2.45, 2.75) is 38.6 Å². The first kappa shape index (κ1) is 22.6. The molecule has 0 bridgehead atoms. The van der Waals surface area contributed by atoms with Crippen LogP contribution >= 0.6 is 0 Å². The molecular formula is C22H20F3N7O3. The van der Waals surface area contributed by atoms with Crippen LogP contribution in [-0.2, 0) is 17.9 Å². The molecule has 2 atom stereocenters. The molecule has 5 rings (SSSR count). The van der Waals surface area contributed by atoms with Crippen molar-refractivity contribution in [2.24, 2.45) is 0 Å². The fourth-order valence-electron chi connectivity index (χ4n) is 4.19. The molecule has 10 nitrogen and oxygen atoms in total. The summed E-state index contributed by atoms with van der Waals surface area (Å²) < 4.78 is 47.8. The number of urea groups is 1. The number of carbonyl (C=O) groups excluding carboxylic acids is 2. The number of anilines is 2. The maximum absolute atomic E-state index is 13.5. The molecule has 182 valence electrons. The van der Waals surface area contributed by atoms with Gasteiger partial charge in [-0.05, 0) is 13.0 Å². The third kappa shape index (κ3) is 4.36. The zero-order chi connectivity index (χ0) is 24.7. The summed E-state index contributed by atoms with van der Waals surface area (Å²) in [7, 11) is 0. The van der Waals surface area contributed by atoms with E-state index in [4.69, 9.17) is 4.74 Å². The summed E-state index contributed by atoms with van der Waals surface area (Å²) in [6.45, 7) is 2.48. The first-order valence-corrected chi connectivity index (χ1v) is 10.8. The smallest absolute Gasteiger partial charge is 0.322 e. The van der Waals surface area contributed by atoms with E-state index in [1.54, 1.807) is 41.2 Å². The summed E-state index contributed by atoms with van der Waals surface area (Å²) in [6, 6.07) is 2.31. The minimum atomic E-state index is -1.61. The van der Waals surface area contributed by atoms with Crippen LogP contribution < -0.4 is 15.0 Å². The molecule has 0 saturated carbocycles. The molecule has 1 N–H and O–H groups in total. The average Bonchev–Trinajstić information content (AvgIpc) is 3.39. The Hall–Kier alpha value is -4.16. The van der Waals surface area contributed by atoms with E-state index in [9.17, 15) is 22.8 Å². The molecule has 0 unspecified atom stereocenters. The quantitative estimate of drug-likeness (QED) is 0.568. The largest absolute Gasteiger partial charge is 0.458 e. The fraction of sp³-hybridized carbons (Fsp3) is 0.318. The lowest BCUT2D eigenvalue weighted by molar-refractivity contribution is -0.117. The van der Waals surface area contributed by atoms with Gasteiger partial charge in [-0.15, -0.1) is 0 Å². The Bertz CT molecular complexity index is 1260. The third-order valence-electron chi connectivity index (χ3n) is 5.91. The van der Waals surface area contributed by atoms with Gasteiger partial charge >= 0.3 is 12.0 Å². The highest BCUT2D eigenvalue weighted by Gasteiger charge is 2.37. The van der Waals surface area contributed by atoms with E-state index >= 15 is 0 Å². The first-order valence-electron chi connectivity index (χ1n) is 10.8. The summed E-state index contributed by atoms with van der Waals surface area (Å²) in [6.07, 6.45) is 4.32. The number of aromatic nitrogens is 4. The third-order valence-corrected chi connectivity index (χ3v) is 5.91. The highest BCUT2D eigenvalue weighted by atomic mass is 19.2. The molecular weight excluding hydrogens is 467 g/mol. The van der Waals surface area contributed by atoms with E-state index in [1.165, 1.54) is 4.90 Å². The van der Waals surface area contributed by atoms with Gasteiger partial charge in [0.1, 0.15) is 6.10 Å². The molecule has 2 aliphatic rings. The van der Waals surface area contributed by atoms with Crippen LogP contribution in [0.2, 0.25) is 0 Å². The van der Waals surface area contributed by atoms with Gasteiger partial charge in [0.05, 0.1) is 49.7 Å². The normalized spacial score (nSPS) is 19.6. The predicted octanol–water partition coefficient (Wildman–Crippen LogP) is 2.71. The van der Waals surface area contributed by atoms with Gasteiger partial charge < -0.3 is 19.9 Å². The van der Waals surface area contributed by atoms with Crippen LogP contribution in [0.5, 0.6) is 6.01 Å². The number of halogens is 3. The van der Waals surface area contributed by atoms with Crippen LogP contribution in [0, 0.1) is 17.5 Å². The van der Waals surface area contributed by atoms with Crippen molar-refractivity contribution in [2.75, 3.05) is 16.8 Å². The summed E-state index contributed by atoms with van der Waals surface area (Å²) in [5, 5.41) is 6.77. The van der Waals surface area contributed by atoms with E-state index in [1.807, 2.05) is 0 Å². The van der Waals surface area contributed by atoms with Gasteiger partial charge in [-0.1, -0.05) is 0 Å². The van der Waals surface area contributed by atoms with Crippen molar-refractivity contribution < 1.29 is 27.5 Å². The Kier molecular flexibility index (Phi) is 5.75. The zero-order valence-corrected chi connectivity index (χ0v) is 18.5. The molecule has 3 aromatic rings. The number of nitrogens with zero attached hydrogens (tertiary/aromatic N) is 6. The number of carbonyl (C=O) groups is 2. The Balaban J connectivity index is 1.32. The molecule has 0 aliphatic carbocycles. The molecule has 2 aromatic heterocycles. The molecule has 3 amide bonds. The number of fused-ring (bicyclic) bond motifs is 1. The molecule has 0 radical (unpaired) electrons. The van der Waals surface area contributed by atoms with Crippen LogP contribution in [0.25, 0.3) is 0 Å². The molecule has 1 aromatic carbocycles. The van der Waals surface area contributed by atoms with E-state index < -0.39 is 29.6 Å². The van der Waals surface area contributed by atoms with E-state index in [2.05, 4.69) is 20.4 Å². The predicted molar refractivity (Wildman–Crippen MR) is 116 cm³/mol. The van der Waals surface area contributed by atoms with Crippen LogP contribution in [0.4, 0.5) is 29.3 Å². The molecule has 1 fully saturated rings. The van der Waals surface area contributed by atoms with Crippen molar-refractivity contribution in [3.8, 4) is 6.01 Å². The Morgan fingerprint density at radius 1 is 1.14 bits per heavy atom. The standard InChI is InChI=1S/C22H20F3N7O3/c1-12-9-32-18(11-30(12)22(34)29-13-5-15(23)20(25)16(24)6-13)17(8-28-32)31-10-14(7-19(31)33)35-21-26-3-2-4-27-21/h2-6,8,12,14H,7,9-11H2,1H3,(H,29,34)/t12-,14-/m0/s1. The molecule has 1 saturated heterocycles. The maximum atomic E-state index is 13.5. The lowest BCUT2D eigenvalue weighted by atomic mass is 10.2. The lowest BCUT2D eigenvalue weighted by Gasteiger charge is -2.35. The molecule has 2 aliphatic heterocycles. The minimum absolute atomic E-state index is 0.0889. The Morgan fingerprint density at radius 2 is 1.86 bits per heavy atom. The topological polar surface area (TPSA) is 105 Å². The SMILES string of the molecule is C[C@H]1Cn2ncc(N3C[C@@H](Oc4ncccn4)CC3=O)c2CN1C(=O)Nc1cc(F)c(F)c(F)c1. The zero-order valence-electron chi connectivity index (χ0n) is 18.5. The van der Waals surface area contributed by atoms with Gasteiger partial charge in [-0.3, -0.25) is 9.48 Å². The Morgan fingerprint density at radius 3 is 2.57 bits per heavy atom. The molecule has 0 spiro atoms. The van der Waals surface area contributed by atoms with Crippen molar-refractivity contribution in [1.82, 2.24) is 24.6 Å². The minimum Gasteiger partial charge on any atom is -0.458 e. The number of benzene rings is 1. The summed E-state index contributed by atoms with van der Waals surface area (Å²) in [4.78, 5) is 36.7. The maximum Gasteiger partial charge on any atom is 0.322 e. The number of amides is 3. The molecule has 13 heteroatoms. The van der Waals surface area contributed by atoms with Gasteiger partial charge in [-0.2, -0.15) is 5.10 Å². The van der Waals surface area contributed by atoms with Gasteiger partial charge in [0.2, 0.25) is 5.91 Å². The molecule has 35 heavy (non-hydrogen) atoms. The summed E-state index contributed by atoms with van der Waals surface area (Å²) in [5.41, 5.74) is 0.953. The highest BCUT2D eigenvalue weighted by Crippen LogP contribution is 2.31. The van der Waals surface area contributed by atoms with Gasteiger partial charge in [-0.25, -0.2) is 27.9 Å². The number of rotatable bonds is 4. The number of hydrogen-bond acceptors (Lipinski definition) is 6. The number of hydrogen-bond donors (Lipinski definition) is 1. The van der Waals surface area contributed by atoms with Crippen molar-refractivity contribution in [3.63, 3.8) is 0 Å². The molecule has 4 heterocycles. The van der Waals surface area contributed by atoms with E-state index in [0.29, 0.717) is 30.1 Å². The number of ether oxygens (including phenoxy) is 1.